The Hall–Kier alpha value is -2.89. The number of allylic oxidation sites excluding steroid dienone is 1. The first-order valence-electron chi connectivity index (χ1n) is 9.01. The van der Waals surface area contributed by atoms with E-state index in [2.05, 4.69) is 59.8 Å². The minimum Gasteiger partial charge on any atom is -0.388 e. The topological polar surface area (TPSA) is 85.5 Å². The number of nitrogens with zero attached hydrogens (tertiary/aromatic N) is 4. The van der Waals surface area contributed by atoms with E-state index in [0.717, 1.165) is 23.7 Å². The summed E-state index contributed by atoms with van der Waals surface area (Å²) < 4.78 is 4.28. The second kappa shape index (κ2) is 10.3. The predicted octanol–water partition coefficient (Wildman–Crippen LogP) is 4.38. The molecule has 0 saturated heterocycles. The Morgan fingerprint density at radius 3 is 2.44 bits per heavy atom. The van der Waals surface area contributed by atoms with Crippen molar-refractivity contribution >= 4 is 16.9 Å². The summed E-state index contributed by atoms with van der Waals surface area (Å²) in [5, 5.41) is 6.28. The standard InChI is InChI=1S/C16H20N4.C3H6.C2H6N2/c1-11(2)13-5-6-15-14(9-13)18-16(19(15)4)10-20-8-7-17-12(20)3;1-3-2;1-2(3)4/h5-9,11H,10H2,1-4H3;3H,1H2,2H3;1H3,(H3,3,4). The molecule has 0 saturated carbocycles. The van der Waals surface area contributed by atoms with Gasteiger partial charge in [-0.2, -0.15) is 0 Å². The minimum absolute atomic E-state index is 0.167. The molecule has 3 rings (SSSR count). The van der Waals surface area contributed by atoms with Crippen LogP contribution in [0.3, 0.4) is 0 Å². The molecule has 2 heterocycles. The van der Waals surface area contributed by atoms with Gasteiger partial charge in [0.2, 0.25) is 0 Å². The van der Waals surface area contributed by atoms with Crippen molar-refractivity contribution < 1.29 is 0 Å². The fourth-order valence-corrected chi connectivity index (χ4v) is 2.49. The Kier molecular flexibility index (Phi) is 8.45. The van der Waals surface area contributed by atoms with Gasteiger partial charge in [-0.25, -0.2) is 9.97 Å². The summed E-state index contributed by atoms with van der Waals surface area (Å²) in [4.78, 5) is 9.05. The summed E-state index contributed by atoms with van der Waals surface area (Å²) in [6.07, 6.45) is 5.57. The van der Waals surface area contributed by atoms with E-state index in [9.17, 15) is 0 Å². The first kappa shape index (κ1) is 22.2. The van der Waals surface area contributed by atoms with Gasteiger partial charge in [-0.1, -0.05) is 26.0 Å². The van der Waals surface area contributed by atoms with Gasteiger partial charge >= 0.3 is 0 Å². The van der Waals surface area contributed by atoms with E-state index in [0.29, 0.717) is 5.92 Å². The maximum Gasteiger partial charge on any atom is 0.129 e. The quantitative estimate of drug-likeness (QED) is 0.408. The zero-order chi connectivity index (χ0) is 20.6. The van der Waals surface area contributed by atoms with Crippen molar-refractivity contribution in [2.45, 2.75) is 47.1 Å². The largest absolute Gasteiger partial charge is 0.388 e. The van der Waals surface area contributed by atoms with Crippen LogP contribution in [0.1, 0.15) is 50.8 Å². The van der Waals surface area contributed by atoms with Crippen molar-refractivity contribution in [3.8, 4) is 0 Å². The highest BCUT2D eigenvalue weighted by molar-refractivity contribution is 5.77. The lowest BCUT2D eigenvalue weighted by Crippen LogP contribution is -2.06. The number of benzene rings is 1. The molecule has 2 aromatic heterocycles. The first-order chi connectivity index (χ1) is 12.7. The average Bonchev–Trinajstić information content (AvgIpc) is 3.12. The number of amidine groups is 1. The summed E-state index contributed by atoms with van der Waals surface area (Å²) in [7, 11) is 2.08. The van der Waals surface area contributed by atoms with Crippen molar-refractivity contribution in [3.05, 3.63) is 60.5 Å². The molecule has 0 radical (unpaired) electrons. The molecule has 0 unspecified atom stereocenters. The van der Waals surface area contributed by atoms with E-state index in [1.807, 2.05) is 26.2 Å². The number of nitrogens with two attached hydrogens (primary N) is 1. The van der Waals surface area contributed by atoms with Crippen LogP contribution in [0, 0.1) is 12.3 Å². The Balaban J connectivity index is 0.000000453. The Morgan fingerprint density at radius 2 is 1.96 bits per heavy atom. The molecule has 0 amide bonds. The molecular weight excluding hydrogens is 336 g/mol. The molecule has 1 aromatic carbocycles. The lowest BCUT2D eigenvalue weighted by Gasteiger charge is -2.06. The molecule has 0 fully saturated rings. The van der Waals surface area contributed by atoms with E-state index in [4.69, 9.17) is 16.1 Å². The van der Waals surface area contributed by atoms with Gasteiger partial charge in [0.15, 0.2) is 0 Å². The molecule has 0 aliphatic carbocycles. The van der Waals surface area contributed by atoms with Gasteiger partial charge in [0.05, 0.1) is 23.4 Å². The van der Waals surface area contributed by atoms with Crippen LogP contribution in [0.25, 0.3) is 11.0 Å². The number of hydrogen-bond acceptors (Lipinski definition) is 3. The highest BCUT2D eigenvalue weighted by atomic mass is 15.1. The van der Waals surface area contributed by atoms with Gasteiger partial charge in [0.1, 0.15) is 11.6 Å². The van der Waals surface area contributed by atoms with Crippen LogP contribution in [-0.2, 0) is 13.6 Å². The van der Waals surface area contributed by atoms with Gasteiger partial charge in [-0.3, -0.25) is 5.41 Å². The first-order valence-corrected chi connectivity index (χ1v) is 9.01. The predicted molar refractivity (Wildman–Crippen MR) is 114 cm³/mol. The van der Waals surface area contributed by atoms with Crippen molar-refractivity contribution in [2.75, 3.05) is 0 Å². The number of nitrogens with one attached hydrogen (secondary N) is 1. The SMILES string of the molecule is C=CC.CC(=N)N.Cc1nccn1Cc1nc2cc(C(C)C)ccc2n1C. The molecule has 0 aliphatic heterocycles. The van der Waals surface area contributed by atoms with Gasteiger partial charge in [-0.05, 0) is 44.4 Å². The van der Waals surface area contributed by atoms with Crippen LogP contribution in [-0.4, -0.2) is 24.9 Å². The van der Waals surface area contributed by atoms with Crippen LogP contribution < -0.4 is 5.73 Å². The van der Waals surface area contributed by atoms with Crippen molar-refractivity contribution in [1.29, 1.82) is 5.41 Å². The number of hydrogen-bond donors (Lipinski definition) is 2. The Labute approximate surface area is 162 Å². The summed E-state index contributed by atoms with van der Waals surface area (Å²) in [6, 6.07) is 6.56. The van der Waals surface area contributed by atoms with Gasteiger partial charge in [0, 0.05) is 19.4 Å². The molecule has 0 atom stereocenters. The fourth-order valence-electron chi connectivity index (χ4n) is 2.49. The molecule has 146 valence electrons. The second-order valence-electron chi connectivity index (χ2n) is 6.68. The number of fused-ring (bicyclic) bond motifs is 1. The molecule has 3 aromatic rings. The summed E-state index contributed by atoms with van der Waals surface area (Å²) >= 11 is 0. The van der Waals surface area contributed by atoms with Crippen LogP contribution in [0.2, 0.25) is 0 Å². The van der Waals surface area contributed by atoms with E-state index in [-0.39, 0.29) is 5.84 Å². The van der Waals surface area contributed by atoms with Crippen LogP contribution in [0.4, 0.5) is 0 Å². The lowest BCUT2D eigenvalue weighted by molar-refractivity contribution is 0.688. The highest BCUT2D eigenvalue weighted by Gasteiger charge is 2.10. The third-order valence-corrected chi connectivity index (χ3v) is 3.90. The van der Waals surface area contributed by atoms with E-state index >= 15 is 0 Å². The molecule has 6 nitrogen and oxygen atoms in total. The van der Waals surface area contributed by atoms with Gasteiger partial charge in [0.25, 0.3) is 0 Å². The number of aromatic nitrogens is 4. The second-order valence-corrected chi connectivity index (χ2v) is 6.68. The van der Waals surface area contributed by atoms with Crippen LogP contribution >= 0.6 is 0 Å². The molecule has 0 bridgehead atoms. The number of aryl methyl sites for hydroxylation is 2. The van der Waals surface area contributed by atoms with Gasteiger partial charge in [-0.15, -0.1) is 6.58 Å². The normalized spacial score (nSPS) is 10.0. The number of imidazole rings is 2. The molecular formula is C21H32N6. The van der Waals surface area contributed by atoms with Crippen LogP contribution in [0.5, 0.6) is 0 Å². The minimum atomic E-state index is 0.167. The molecule has 27 heavy (non-hydrogen) atoms. The van der Waals surface area contributed by atoms with E-state index in [1.54, 1.807) is 6.08 Å². The molecule has 6 heteroatoms. The zero-order valence-electron chi connectivity index (χ0n) is 17.3. The Bertz CT molecular complexity index is 881. The van der Waals surface area contributed by atoms with Crippen LogP contribution in [0.15, 0.2) is 43.2 Å². The average molecular weight is 369 g/mol. The van der Waals surface area contributed by atoms with Crippen molar-refractivity contribution in [3.63, 3.8) is 0 Å². The Morgan fingerprint density at radius 1 is 1.37 bits per heavy atom. The van der Waals surface area contributed by atoms with E-state index in [1.165, 1.54) is 18.0 Å². The molecule has 0 spiro atoms. The number of rotatable bonds is 3. The summed E-state index contributed by atoms with van der Waals surface area (Å²) in [5.74, 6) is 2.77. The smallest absolute Gasteiger partial charge is 0.129 e. The lowest BCUT2D eigenvalue weighted by atomic mass is 10.0. The third kappa shape index (κ3) is 6.40. The fraction of sp³-hybridized carbons (Fsp3) is 0.381. The van der Waals surface area contributed by atoms with Crippen molar-refractivity contribution in [1.82, 2.24) is 19.1 Å². The maximum absolute atomic E-state index is 6.28. The highest BCUT2D eigenvalue weighted by Crippen LogP contribution is 2.22. The summed E-state index contributed by atoms with van der Waals surface area (Å²) in [5.41, 5.74) is 8.29. The maximum atomic E-state index is 6.28. The third-order valence-electron chi connectivity index (χ3n) is 3.90. The zero-order valence-corrected chi connectivity index (χ0v) is 17.3. The van der Waals surface area contributed by atoms with Gasteiger partial charge < -0.3 is 14.9 Å². The molecule has 3 N–H and O–H groups in total. The molecule has 0 aliphatic rings. The summed E-state index contributed by atoms with van der Waals surface area (Å²) in [6.45, 7) is 14.0. The monoisotopic (exact) mass is 368 g/mol. The van der Waals surface area contributed by atoms with Crippen molar-refractivity contribution in [2.24, 2.45) is 12.8 Å². The van der Waals surface area contributed by atoms with E-state index < -0.39 is 0 Å².